The summed E-state index contributed by atoms with van der Waals surface area (Å²) in [7, 11) is 9.18. The van der Waals surface area contributed by atoms with Crippen LogP contribution < -0.4 is 35.9 Å². The Morgan fingerprint density at radius 2 is 1.54 bits per heavy atom. The van der Waals surface area contributed by atoms with Crippen LogP contribution in [0, 0.1) is 0 Å². The second-order valence-corrected chi connectivity index (χ2v) is 7.68. The highest BCUT2D eigenvalue weighted by Gasteiger charge is 2.44. The predicted octanol–water partition coefficient (Wildman–Crippen LogP) is 0.525. The number of hydrogen-bond acceptors (Lipinski definition) is 4. The number of nitrogens with zero attached hydrogens (tertiary/aromatic N) is 1. The van der Waals surface area contributed by atoms with Gasteiger partial charge in [0.05, 0.1) is 47.6 Å². The maximum Gasteiger partial charge on any atom is 0.169 e. The largest absolute Gasteiger partial charge is 1.00 e. The smallest absolute Gasteiger partial charge is 0.169 e. The molecule has 2 aliphatic rings. The van der Waals surface area contributed by atoms with E-state index in [0.717, 1.165) is 53.4 Å². The third-order valence-corrected chi connectivity index (χ3v) is 6.33. The molecule has 0 saturated carbocycles. The van der Waals surface area contributed by atoms with E-state index >= 15 is 0 Å². The summed E-state index contributed by atoms with van der Waals surface area (Å²) in [5, 5.41) is 0. The zero-order valence-electron chi connectivity index (χ0n) is 17.2. The Balaban J connectivity index is 0.00000225. The summed E-state index contributed by atoms with van der Waals surface area (Å²) in [6.07, 6.45) is 2.01. The number of likely N-dealkylation sites (N-methyl/N-ethyl adjacent to an activating group) is 1. The van der Waals surface area contributed by atoms with E-state index in [1.165, 1.54) is 22.3 Å². The van der Waals surface area contributed by atoms with Gasteiger partial charge in [-0.3, -0.25) is 0 Å². The lowest BCUT2D eigenvalue weighted by Crippen LogP contribution is -3.00. The zero-order valence-corrected chi connectivity index (χ0v) is 18.8. The molecule has 2 aromatic carbocycles. The van der Waals surface area contributed by atoms with E-state index < -0.39 is 0 Å². The van der Waals surface area contributed by atoms with Crippen molar-refractivity contribution in [1.29, 1.82) is 0 Å². The highest BCUT2D eigenvalue weighted by Crippen LogP contribution is 2.48. The molecule has 28 heavy (non-hydrogen) atoms. The van der Waals surface area contributed by atoms with Crippen molar-refractivity contribution in [3.8, 4) is 23.0 Å². The minimum Gasteiger partial charge on any atom is -1.00 e. The Morgan fingerprint density at radius 3 is 2.18 bits per heavy atom. The minimum absolute atomic E-state index is 0. The van der Waals surface area contributed by atoms with Gasteiger partial charge in [-0.25, -0.2) is 0 Å². The Kier molecular flexibility index (Phi) is 5.82. The molecule has 0 aromatic heterocycles. The molecule has 5 nitrogen and oxygen atoms in total. The Bertz CT molecular complexity index is 885. The molecular weight excluding hydrogens is 422 g/mol. The molecule has 0 bridgehead atoms. The molecule has 0 radical (unpaired) electrons. The molecule has 4 rings (SSSR count). The van der Waals surface area contributed by atoms with Crippen LogP contribution >= 0.6 is 0 Å². The molecule has 2 atom stereocenters. The summed E-state index contributed by atoms with van der Waals surface area (Å²) in [5.41, 5.74) is 5.37. The van der Waals surface area contributed by atoms with Crippen molar-refractivity contribution < 1.29 is 40.4 Å². The van der Waals surface area contributed by atoms with Crippen molar-refractivity contribution in [3.05, 3.63) is 46.5 Å². The van der Waals surface area contributed by atoms with Gasteiger partial charge in [0.1, 0.15) is 12.6 Å². The van der Waals surface area contributed by atoms with Gasteiger partial charge in [-0.05, 0) is 29.3 Å². The van der Waals surface area contributed by atoms with Gasteiger partial charge in [0, 0.05) is 18.4 Å². The van der Waals surface area contributed by atoms with Gasteiger partial charge < -0.3 is 40.4 Å². The van der Waals surface area contributed by atoms with Gasteiger partial charge >= 0.3 is 0 Å². The molecule has 0 saturated heterocycles. The molecule has 0 N–H and O–H groups in total. The second kappa shape index (κ2) is 7.84. The Morgan fingerprint density at radius 1 is 0.857 bits per heavy atom. The molecule has 0 aliphatic carbocycles. The van der Waals surface area contributed by atoms with Crippen LogP contribution in [0.5, 0.6) is 23.0 Å². The van der Waals surface area contributed by atoms with E-state index in [-0.39, 0.29) is 17.0 Å². The van der Waals surface area contributed by atoms with Crippen LogP contribution in [0.1, 0.15) is 28.3 Å². The lowest BCUT2D eigenvalue weighted by atomic mass is 9.81. The first-order valence-corrected chi connectivity index (χ1v) is 9.36. The van der Waals surface area contributed by atoms with Crippen molar-refractivity contribution in [2.45, 2.75) is 25.4 Å². The number of rotatable bonds is 4. The van der Waals surface area contributed by atoms with Gasteiger partial charge in [-0.2, -0.15) is 0 Å². The number of quaternary nitrogens is 1. The summed E-state index contributed by atoms with van der Waals surface area (Å²) < 4.78 is 23.3. The number of fused-ring (bicyclic) bond motifs is 4. The molecule has 2 aromatic rings. The number of ether oxygens (including phenoxy) is 4. The zero-order chi connectivity index (χ0) is 19.2. The summed E-state index contributed by atoms with van der Waals surface area (Å²) in [6, 6.07) is 8.95. The summed E-state index contributed by atoms with van der Waals surface area (Å²) in [6.45, 7) is 2.03. The van der Waals surface area contributed by atoms with Gasteiger partial charge in [-0.1, -0.05) is 6.07 Å². The number of halogens is 1. The third-order valence-electron chi connectivity index (χ3n) is 6.33. The van der Waals surface area contributed by atoms with Crippen molar-refractivity contribution in [2.75, 3.05) is 42.0 Å². The van der Waals surface area contributed by atoms with E-state index in [1.54, 1.807) is 28.4 Å². The van der Waals surface area contributed by atoms with Crippen LogP contribution in [-0.4, -0.2) is 46.5 Å². The molecule has 2 aliphatic heterocycles. The quantitative estimate of drug-likeness (QED) is 0.637. The molecule has 0 spiro atoms. The molecule has 152 valence electrons. The maximum absolute atomic E-state index is 5.72. The number of benzene rings is 2. The normalized spacial score (nSPS) is 22.1. The topological polar surface area (TPSA) is 36.9 Å². The standard InChI is InChI=1S/C22H28NO4.BrH/c1-23-9-8-15-11-20(25-3)21(26-4)12-16(15)18(23)10-14-6-7-19(24-2)22(27-5)17(14)13-23;/h6-7,11-12,18H,8-10,13H2,1-5H3;1H/q+1;/p-1. The summed E-state index contributed by atoms with van der Waals surface area (Å²) in [5.74, 6) is 3.31. The molecule has 2 unspecified atom stereocenters. The molecule has 0 fully saturated rings. The van der Waals surface area contributed by atoms with Crippen LogP contribution in [-0.2, 0) is 19.4 Å². The fraction of sp³-hybridized carbons (Fsp3) is 0.455. The first-order chi connectivity index (χ1) is 13.0. The fourth-order valence-corrected chi connectivity index (χ4v) is 4.82. The van der Waals surface area contributed by atoms with Crippen LogP contribution in [0.2, 0.25) is 0 Å². The highest BCUT2D eigenvalue weighted by atomic mass is 79.9. The van der Waals surface area contributed by atoms with Crippen LogP contribution in [0.3, 0.4) is 0 Å². The second-order valence-electron chi connectivity index (χ2n) is 7.68. The lowest BCUT2D eigenvalue weighted by molar-refractivity contribution is -0.956. The van der Waals surface area contributed by atoms with Crippen LogP contribution in [0.25, 0.3) is 0 Å². The lowest BCUT2D eigenvalue weighted by Gasteiger charge is -2.49. The number of hydrogen-bond donors (Lipinski definition) is 0. The minimum atomic E-state index is 0. The Labute approximate surface area is 177 Å². The van der Waals surface area contributed by atoms with E-state index in [0.29, 0.717) is 6.04 Å². The van der Waals surface area contributed by atoms with Gasteiger partial charge in [0.25, 0.3) is 0 Å². The average Bonchev–Trinajstić information content (AvgIpc) is 2.70. The fourth-order valence-electron chi connectivity index (χ4n) is 4.82. The average molecular weight is 450 g/mol. The monoisotopic (exact) mass is 449 g/mol. The van der Waals surface area contributed by atoms with E-state index in [1.807, 2.05) is 6.07 Å². The van der Waals surface area contributed by atoms with Crippen LogP contribution in [0.4, 0.5) is 0 Å². The molecular formula is C22H28BrNO4. The van der Waals surface area contributed by atoms with E-state index in [9.17, 15) is 0 Å². The molecule has 2 heterocycles. The van der Waals surface area contributed by atoms with Crippen molar-refractivity contribution in [1.82, 2.24) is 0 Å². The summed E-state index contributed by atoms with van der Waals surface area (Å²) >= 11 is 0. The van der Waals surface area contributed by atoms with Crippen molar-refractivity contribution >= 4 is 0 Å². The predicted molar refractivity (Wildman–Crippen MR) is 104 cm³/mol. The molecule has 6 heteroatoms. The van der Waals surface area contributed by atoms with Crippen molar-refractivity contribution in [3.63, 3.8) is 0 Å². The van der Waals surface area contributed by atoms with Crippen LogP contribution in [0.15, 0.2) is 24.3 Å². The van der Waals surface area contributed by atoms with Gasteiger partial charge in [0.2, 0.25) is 0 Å². The Hall–Kier alpha value is -1.92. The van der Waals surface area contributed by atoms with E-state index in [2.05, 4.69) is 25.2 Å². The van der Waals surface area contributed by atoms with Gasteiger partial charge in [0.15, 0.2) is 23.0 Å². The first-order valence-electron chi connectivity index (χ1n) is 9.36. The SMILES string of the molecule is COc1cc2c(cc1OC)C1Cc3ccc(OC)c(OC)c3C[N+]1(C)CC2.[Br-]. The first kappa shape index (κ1) is 20.8. The maximum atomic E-state index is 5.72. The summed E-state index contributed by atoms with van der Waals surface area (Å²) in [4.78, 5) is 0. The van der Waals surface area contributed by atoms with Gasteiger partial charge in [-0.15, -0.1) is 0 Å². The van der Waals surface area contributed by atoms with Crippen molar-refractivity contribution in [2.24, 2.45) is 0 Å². The third kappa shape index (κ3) is 3.12. The van der Waals surface area contributed by atoms with E-state index in [4.69, 9.17) is 18.9 Å². The molecule has 0 amide bonds. The number of methoxy groups -OCH3 is 4. The highest BCUT2D eigenvalue weighted by molar-refractivity contribution is 5.53.